The number of nitrogens with two attached hydrogens (primary N) is 1. The maximum absolute atomic E-state index is 11.9. The van der Waals surface area contributed by atoms with Gasteiger partial charge in [0.2, 0.25) is 5.91 Å². The molecule has 3 heteroatoms. The van der Waals surface area contributed by atoms with Gasteiger partial charge in [-0.1, -0.05) is 13.8 Å². The highest BCUT2D eigenvalue weighted by Gasteiger charge is 2.40. The lowest BCUT2D eigenvalue weighted by Crippen LogP contribution is -2.35. The van der Waals surface area contributed by atoms with Crippen LogP contribution >= 0.6 is 0 Å². The molecule has 0 saturated heterocycles. The molecule has 82 valence electrons. The van der Waals surface area contributed by atoms with E-state index in [1.807, 2.05) is 4.90 Å². The van der Waals surface area contributed by atoms with E-state index < -0.39 is 0 Å². The summed E-state index contributed by atoms with van der Waals surface area (Å²) in [5.41, 5.74) is 5.45. The highest BCUT2D eigenvalue weighted by atomic mass is 16.2. The van der Waals surface area contributed by atoms with Crippen molar-refractivity contribution < 1.29 is 4.79 Å². The van der Waals surface area contributed by atoms with Crippen molar-refractivity contribution in [3.8, 4) is 0 Å². The molecule has 0 aromatic carbocycles. The fourth-order valence-corrected chi connectivity index (χ4v) is 1.78. The average molecular weight is 198 g/mol. The molecule has 0 aromatic rings. The van der Waals surface area contributed by atoms with Crippen LogP contribution in [-0.4, -0.2) is 30.4 Å². The summed E-state index contributed by atoms with van der Waals surface area (Å²) in [6, 6.07) is 0. The van der Waals surface area contributed by atoms with E-state index in [1.54, 1.807) is 0 Å². The Hall–Kier alpha value is -0.570. The number of rotatable bonds is 6. The Morgan fingerprint density at radius 1 is 1.50 bits per heavy atom. The molecule has 2 N–H and O–H groups in total. The first-order valence-electron chi connectivity index (χ1n) is 5.69. The molecule has 0 aliphatic heterocycles. The predicted molar refractivity (Wildman–Crippen MR) is 57.8 cm³/mol. The molecule has 0 bridgehead atoms. The third-order valence-electron chi connectivity index (χ3n) is 2.86. The van der Waals surface area contributed by atoms with Gasteiger partial charge in [-0.3, -0.25) is 4.79 Å². The van der Waals surface area contributed by atoms with Crippen LogP contribution in [0.3, 0.4) is 0 Å². The summed E-state index contributed by atoms with van der Waals surface area (Å²) in [5, 5.41) is 0. The van der Waals surface area contributed by atoms with E-state index in [0.717, 1.165) is 32.4 Å². The molecule has 0 aromatic heterocycles. The molecule has 1 aliphatic rings. The number of nitrogens with zero attached hydrogens (tertiary/aromatic N) is 1. The highest BCUT2D eigenvalue weighted by Crippen LogP contribution is 2.39. The Balaban J connectivity index is 2.36. The molecule has 1 aliphatic carbocycles. The van der Waals surface area contributed by atoms with Gasteiger partial charge in [-0.25, -0.2) is 0 Å². The van der Waals surface area contributed by atoms with Crippen molar-refractivity contribution in [2.45, 2.75) is 33.1 Å². The van der Waals surface area contributed by atoms with Gasteiger partial charge < -0.3 is 10.6 Å². The lowest BCUT2D eigenvalue weighted by molar-refractivity contribution is -0.133. The third-order valence-corrected chi connectivity index (χ3v) is 2.86. The van der Waals surface area contributed by atoms with E-state index in [-0.39, 0.29) is 0 Å². The topological polar surface area (TPSA) is 46.3 Å². The Morgan fingerprint density at radius 2 is 2.14 bits per heavy atom. The van der Waals surface area contributed by atoms with Gasteiger partial charge in [-0.2, -0.15) is 0 Å². The molecule has 1 saturated carbocycles. The SMILES string of the molecule is CCCN(CCCN)C(=O)C1CC1C. The molecule has 3 nitrogen and oxygen atoms in total. The molecular formula is C11H22N2O. The van der Waals surface area contributed by atoms with E-state index in [1.165, 1.54) is 0 Å². The summed E-state index contributed by atoms with van der Waals surface area (Å²) >= 11 is 0. The second-order valence-corrected chi connectivity index (χ2v) is 4.29. The lowest BCUT2D eigenvalue weighted by Gasteiger charge is -2.21. The minimum Gasteiger partial charge on any atom is -0.342 e. The molecule has 0 spiro atoms. The first-order valence-corrected chi connectivity index (χ1v) is 5.69. The zero-order valence-corrected chi connectivity index (χ0v) is 9.33. The average Bonchev–Trinajstić information content (AvgIpc) is 2.89. The summed E-state index contributed by atoms with van der Waals surface area (Å²) in [4.78, 5) is 13.9. The first-order chi connectivity index (χ1) is 6.70. The van der Waals surface area contributed by atoms with Crippen molar-refractivity contribution in [1.29, 1.82) is 0 Å². The maximum atomic E-state index is 11.9. The fraction of sp³-hybridized carbons (Fsp3) is 0.909. The van der Waals surface area contributed by atoms with E-state index >= 15 is 0 Å². The second-order valence-electron chi connectivity index (χ2n) is 4.29. The minimum atomic E-state index is 0.319. The molecule has 1 fully saturated rings. The lowest BCUT2D eigenvalue weighted by atomic mass is 10.2. The van der Waals surface area contributed by atoms with Gasteiger partial charge in [0, 0.05) is 19.0 Å². The molecule has 1 rings (SSSR count). The number of carbonyl (C=O) groups excluding carboxylic acids is 1. The molecule has 14 heavy (non-hydrogen) atoms. The molecule has 2 atom stereocenters. The zero-order valence-electron chi connectivity index (χ0n) is 9.33. The van der Waals surface area contributed by atoms with Crippen LogP contribution in [0, 0.1) is 11.8 Å². The number of hydrogen-bond donors (Lipinski definition) is 1. The normalized spacial score (nSPS) is 24.8. The summed E-state index contributed by atoms with van der Waals surface area (Å²) in [6.45, 7) is 6.66. The van der Waals surface area contributed by atoms with Crippen molar-refractivity contribution in [2.75, 3.05) is 19.6 Å². The van der Waals surface area contributed by atoms with Crippen molar-refractivity contribution in [2.24, 2.45) is 17.6 Å². The molecule has 0 heterocycles. The first kappa shape index (κ1) is 11.5. The van der Waals surface area contributed by atoms with Gasteiger partial charge in [0.1, 0.15) is 0 Å². The molecule has 1 amide bonds. The monoisotopic (exact) mass is 198 g/mol. The van der Waals surface area contributed by atoms with E-state index in [2.05, 4.69) is 13.8 Å². The molecule has 2 unspecified atom stereocenters. The van der Waals surface area contributed by atoms with Gasteiger partial charge in [0.05, 0.1) is 0 Å². The van der Waals surface area contributed by atoms with E-state index in [4.69, 9.17) is 5.73 Å². The Labute approximate surface area is 86.6 Å². The summed E-state index contributed by atoms with van der Waals surface area (Å²) in [7, 11) is 0. The van der Waals surface area contributed by atoms with Crippen LogP contribution in [-0.2, 0) is 4.79 Å². The standard InChI is InChI=1S/C11H22N2O/c1-3-6-13(7-4-5-12)11(14)10-8-9(10)2/h9-10H,3-8,12H2,1-2H3. The number of amides is 1. The Kier molecular flexibility index (Phi) is 4.39. The Bertz CT molecular complexity index is 194. The van der Waals surface area contributed by atoms with Crippen molar-refractivity contribution in [3.05, 3.63) is 0 Å². The highest BCUT2D eigenvalue weighted by molar-refractivity contribution is 5.81. The summed E-state index contributed by atoms with van der Waals surface area (Å²) in [6.07, 6.45) is 3.05. The summed E-state index contributed by atoms with van der Waals surface area (Å²) < 4.78 is 0. The smallest absolute Gasteiger partial charge is 0.225 e. The van der Waals surface area contributed by atoms with Gasteiger partial charge in [-0.15, -0.1) is 0 Å². The zero-order chi connectivity index (χ0) is 10.6. The van der Waals surface area contributed by atoms with Crippen LogP contribution in [0.1, 0.15) is 33.1 Å². The van der Waals surface area contributed by atoms with Gasteiger partial charge in [-0.05, 0) is 31.7 Å². The van der Waals surface area contributed by atoms with Crippen LogP contribution < -0.4 is 5.73 Å². The van der Waals surface area contributed by atoms with Crippen LogP contribution in [0.2, 0.25) is 0 Å². The van der Waals surface area contributed by atoms with Gasteiger partial charge in [0.15, 0.2) is 0 Å². The van der Waals surface area contributed by atoms with E-state index in [9.17, 15) is 4.79 Å². The Morgan fingerprint density at radius 3 is 2.57 bits per heavy atom. The van der Waals surface area contributed by atoms with Gasteiger partial charge >= 0.3 is 0 Å². The third kappa shape index (κ3) is 2.98. The van der Waals surface area contributed by atoms with Crippen LogP contribution in [0.4, 0.5) is 0 Å². The number of carbonyl (C=O) groups is 1. The van der Waals surface area contributed by atoms with Crippen LogP contribution in [0.5, 0.6) is 0 Å². The van der Waals surface area contributed by atoms with Crippen LogP contribution in [0.15, 0.2) is 0 Å². The van der Waals surface area contributed by atoms with E-state index in [0.29, 0.717) is 24.3 Å². The molecular weight excluding hydrogens is 176 g/mol. The van der Waals surface area contributed by atoms with Gasteiger partial charge in [0.25, 0.3) is 0 Å². The fourth-order valence-electron chi connectivity index (χ4n) is 1.78. The summed E-state index contributed by atoms with van der Waals surface area (Å²) in [5.74, 6) is 1.28. The van der Waals surface area contributed by atoms with Crippen molar-refractivity contribution >= 4 is 5.91 Å². The van der Waals surface area contributed by atoms with Crippen molar-refractivity contribution in [3.63, 3.8) is 0 Å². The quantitative estimate of drug-likeness (QED) is 0.697. The maximum Gasteiger partial charge on any atom is 0.225 e. The largest absolute Gasteiger partial charge is 0.342 e. The minimum absolute atomic E-state index is 0.319. The van der Waals surface area contributed by atoms with Crippen molar-refractivity contribution in [1.82, 2.24) is 4.90 Å². The molecule has 0 radical (unpaired) electrons. The van der Waals surface area contributed by atoms with Crippen LogP contribution in [0.25, 0.3) is 0 Å². The predicted octanol–water partition coefficient (Wildman–Crippen LogP) is 1.23. The second kappa shape index (κ2) is 5.35. The number of hydrogen-bond acceptors (Lipinski definition) is 2.